The number of hydrogen-bond acceptors (Lipinski definition) is 11. The summed E-state index contributed by atoms with van der Waals surface area (Å²) in [6, 6.07) is 17.5. The Balaban J connectivity index is 2.09. The molecule has 1 fully saturated rings. The average molecular weight is 661 g/mol. The lowest BCUT2D eigenvalue weighted by Crippen LogP contribution is -2.63. The van der Waals surface area contributed by atoms with Crippen LogP contribution >= 0.6 is 34.8 Å². The largest absolute Gasteiger partial charge is 0.464 e. The van der Waals surface area contributed by atoms with Crippen LogP contribution in [0.5, 0.6) is 0 Å². The van der Waals surface area contributed by atoms with E-state index in [0.29, 0.717) is 5.56 Å². The zero-order valence-corrected chi connectivity index (χ0v) is 25.8. The van der Waals surface area contributed by atoms with Crippen molar-refractivity contribution in [1.82, 2.24) is 0 Å². The monoisotopic (exact) mass is 659 g/mol. The topological polar surface area (TPSA) is 140 Å². The number of benzene rings is 2. The van der Waals surface area contributed by atoms with E-state index in [1.54, 1.807) is 37.3 Å². The van der Waals surface area contributed by atoms with Crippen molar-refractivity contribution in [3.63, 3.8) is 0 Å². The van der Waals surface area contributed by atoms with Gasteiger partial charge in [0.05, 0.1) is 13.2 Å². The summed E-state index contributed by atoms with van der Waals surface area (Å²) in [6.07, 6.45) is -8.03. The molecule has 0 saturated carbocycles. The molecule has 2 aromatic carbocycles. The SMILES string of the molecule is CCOC(=O)[C@@H](O[C@H]1[C@H](OC(=N)C(Cl)(Cl)Cl)O[C@H](COC(C)=O)[C@@H](OCc2ccccc2)[C@@H]1OC(C)=O)c1ccccc1. The molecule has 1 aliphatic heterocycles. The molecule has 0 aromatic heterocycles. The summed E-state index contributed by atoms with van der Waals surface area (Å²) in [6.45, 7) is 3.72. The molecule has 1 N–H and O–H groups in total. The lowest BCUT2D eigenvalue weighted by molar-refractivity contribution is -0.309. The molecule has 0 radical (unpaired) electrons. The maximum Gasteiger partial charge on any atom is 0.339 e. The van der Waals surface area contributed by atoms with Gasteiger partial charge in [-0.15, -0.1) is 0 Å². The van der Waals surface area contributed by atoms with Gasteiger partial charge in [0, 0.05) is 13.8 Å². The van der Waals surface area contributed by atoms with Crippen LogP contribution in [0, 0.1) is 5.41 Å². The Bertz CT molecular complexity index is 1230. The quantitative estimate of drug-likeness (QED) is 0.111. The van der Waals surface area contributed by atoms with Crippen LogP contribution in [0.1, 0.15) is 38.0 Å². The molecule has 11 nitrogen and oxygen atoms in total. The third-order valence-electron chi connectivity index (χ3n) is 6.02. The van der Waals surface area contributed by atoms with Crippen molar-refractivity contribution in [1.29, 1.82) is 5.41 Å². The highest BCUT2D eigenvalue weighted by atomic mass is 35.6. The lowest BCUT2D eigenvalue weighted by Gasteiger charge is -2.45. The van der Waals surface area contributed by atoms with E-state index in [4.69, 9.17) is 73.4 Å². The Morgan fingerprint density at radius 1 is 0.884 bits per heavy atom. The number of alkyl halides is 3. The van der Waals surface area contributed by atoms with Gasteiger partial charge in [-0.1, -0.05) is 95.5 Å². The van der Waals surface area contributed by atoms with Crippen molar-refractivity contribution < 1.29 is 47.5 Å². The number of esters is 3. The second-order valence-electron chi connectivity index (χ2n) is 9.27. The first-order chi connectivity index (χ1) is 20.4. The first-order valence-electron chi connectivity index (χ1n) is 13.2. The van der Waals surface area contributed by atoms with E-state index in [1.165, 1.54) is 13.8 Å². The van der Waals surface area contributed by atoms with Crippen molar-refractivity contribution in [3.05, 3.63) is 71.8 Å². The molecule has 3 rings (SSSR count). The number of rotatable bonds is 12. The van der Waals surface area contributed by atoms with Gasteiger partial charge in [0.25, 0.3) is 3.79 Å². The van der Waals surface area contributed by atoms with E-state index in [9.17, 15) is 14.4 Å². The van der Waals surface area contributed by atoms with E-state index in [1.807, 2.05) is 30.3 Å². The van der Waals surface area contributed by atoms with Crippen LogP contribution in [0.25, 0.3) is 0 Å². The van der Waals surface area contributed by atoms with Gasteiger partial charge in [-0.2, -0.15) is 0 Å². The van der Waals surface area contributed by atoms with E-state index in [-0.39, 0.29) is 19.8 Å². The van der Waals surface area contributed by atoms with Crippen LogP contribution in [-0.4, -0.2) is 71.5 Å². The minimum absolute atomic E-state index is 0.0331. The van der Waals surface area contributed by atoms with Crippen LogP contribution < -0.4 is 0 Å². The van der Waals surface area contributed by atoms with Gasteiger partial charge in [0.1, 0.15) is 18.8 Å². The molecule has 6 atom stereocenters. The number of ether oxygens (including phenoxy) is 7. The molecule has 43 heavy (non-hydrogen) atoms. The molecule has 0 spiro atoms. The standard InChI is InChI=1S/C29H32Cl3NO10/c1-4-37-26(36)22(20-13-9-6-10-14-20)42-25-24(40-18(3)35)23(39-15-19-11-7-5-8-12-19)21(16-38-17(2)34)41-27(25)43-28(33)29(30,31)32/h5-14,21-25,27,33H,4,15-16H2,1-3H3/t21-,22+,23-,24+,25-,27+/m1/s1. The van der Waals surface area contributed by atoms with Crippen molar-refractivity contribution in [2.24, 2.45) is 0 Å². The van der Waals surface area contributed by atoms with E-state index < -0.39 is 64.4 Å². The number of hydrogen-bond donors (Lipinski definition) is 1. The Kier molecular flexibility index (Phi) is 13.0. The number of carbonyl (C=O) groups excluding carboxylic acids is 3. The molecule has 14 heteroatoms. The van der Waals surface area contributed by atoms with Gasteiger partial charge in [0.15, 0.2) is 18.3 Å². The minimum Gasteiger partial charge on any atom is -0.464 e. The molecule has 234 valence electrons. The third kappa shape index (κ3) is 10.3. The zero-order chi connectivity index (χ0) is 31.6. The van der Waals surface area contributed by atoms with Crippen molar-refractivity contribution in [2.75, 3.05) is 13.2 Å². The summed E-state index contributed by atoms with van der Waals surface area (Å²) in [5.74, 6) is -2.96. The summed E-state index contributed by atoms with van der Waals surface area (Å²) >= 11 is 17.6. The molecule has 0 unspecified atom stereocenters. The smallest absolute Gasteiger partial charge is 0.339 e. The number of halogens is 3. The van der Waals surface area contributed by atoms with Crippen LogP contribution in [0.15, 0.2) is 60.7 Å². The molecule has 1 heterocycles. The Morgan fingerprint density at radius 2 is 1.51 bits per heavy atom. The fourth-order valence-electron chi connectivity index (χ4n) is 4.20. The summed E-state index contributed by atoms with van der Waals surface area (Å²) < 4.78 is 38.0. The average Bonchev–Trinajstić information content (AvgIpc) is 2.95. The highest BCUT2D eigenvalue weighted by Crippen LogP contribution is 2.36. The molecular formula is C29H32Cl3NO10. The second-order valence-corrected chi connectivity index (χ2v) is 11.6. The van der Waals surface area contributed by atoms with Crippen LogP contribution in [-0.2, 0) is 54.1 Å². The molecule has 1 saturated heterocycles. The Hall–Kier alpha value is -2.93. The molecular weight excluding hydrogens is 629 g/mol. The van der Waals surface area contributed by atoms with Crippen molar-refractivity contribution >= 4 is 58.6 Å². The van der Waals surface area contributed by atoms with Gasteiger partial charge >= 0.3 is 17.9 Å². The van der Waals surface area contributed by atoms with Crippen molar-refractivity contribution in [3.8, 4) is 0 Å². The Morgan fingerprint density at radius 3 is 2.07 bits per heavy atom. The summed E-state index contributed by atoms with van der Waals surface area (Å²) in [7, 11) is 0. The van der Waals surface area contributed by atoms with Gasteiger partial charge in [-0.25, -0.2) is 4.79 Å². The highest BCUT2D eigenvalue weighted by Gasteiger charge is 2.53. The van der Waals surface area contributed by atoms with Crippen molar-refractivity contribution in [2.45, 2.75) is 68.0 Å². The fraction of sp³-hybridized carbons (Fsp3) is 0.448. The molecule has 0 amide bonds. The molecule has 0 bridgehead atoms. The summed E-state index contributed by atoms with van der Waals surface area (Å²) in [5, 5.41) is 8.18. The van der Waals surface area contributed by atoms with Gasteiger partial charge < -0.3 is 33.2 Å². The summed E-state index contributed by atoms with van der Waals surface area (Å²) in [4.78, 5) is 37.3. The maximum atomic E-state index is 13.1. The fourth-order valence-corrected chi connectivity index (χ4v) is 4.33. The van der Waals surface area contributed by atoms with Gasteiger partial charge in [-0.05, 0) is 18.1 Å². The predicted molar refractivity (Wildman–Crippen MR) is 156 cm³/mol. The first kappa shape index (κ1) is 34.6. The summed E-state index contributed by atoms with van der Waals surface area (Å²) in [5.41, 5.74) is 1.18. The van der Waals surface area contributed by atoms with E-state index in [0.717, 1.165) is 5.56 Å². The zero-order valence-electron chi connectivity index (χ0n) is 23.6. The van der Waals surface area contributed by atoms with Crippen LogP contribution in [0.3, 0.4) is 0 Å². The molecule has 0 aliphatic carbocycles. The predicted octanol–water partition coefficient (Wildman–Crippen LogP) is 4.85. The maximum absolute atomic E-state index is 13.1. The third-order valence-corrected chi connectivity index (χ3v) is 6.53. The first-order valence-corrected chi connectivity index (χ1v) is 14.3. The van der Waals surface area contributed by atoms with Crippen LogP contribution in [0.4, 0.5) is 0 Å². The van der Waals surface area contributed by atoms with E-state index >= 15 is 0 Å². The minimum atomic E-state index is -2.31. The van der Waals surface area contributed by atoms with Crippen LogP contribution in [0.2, 0.25) is 0 Å². The van der Waals surface area contributed by atoms with E-state index in [2.05, 4.69) is 0 Å². The second kappa shape index (κ2) is 16.2. The number of carbonyl (C=O) groups is 3. The normalized spacial score (nSPS) is 22.6. The highest BCUT2D eigenvalue weighted by molar-refractivity contribution is 6.76. The van der Waals surface area contributed by atoms with Gasteiger partial charge in [0.2, 0.25) is 12.2 Å². The Labute approximate surface area is 264 Å². The van der Waals surface area contributed by atoms with Gasteiger partial charge in [-0.3, -0.25) is 15.0 Å². The number of nitrogens with one attached hydrogen (secondary N) is 1. The molecule has 1 aliphatic rings. The lowest BCUT2D eigenvalue weighted by atomic mass is 9.97. The molecule has 2 aromatic rings.